The van der Waals surface area contributed by atoms with Crippen LogP contribution in [0.1, 0.15) is 18.5 Å². The summed E-state index contributed by atoms with van der Waals surface area (Å²) in [6, 6.07) is 16.1. The number of nitrogens with one attached hydrogen (secondary N) is 1. The van der Waals surface area contributed by atoms with E-state index < -0.39 is 0 Å². The first-order valence-corrected chi connectivity index (χ1v) is 7.75. The Morgan fingerprint density at radius 3 is 2.38 bits per heavy atom. The Labute approximate surface area is 132 Å². The van der Waals surface area contributed by atoms with Crippen molar-refractivity contribution in [1.82, 2.24) is 10.2 Å². The molecule has 0 aromatic heterocycles. The minimum atomic E-state index is 0. The molecule has 0 saturated carbocycles. The van der Waals surface area contributed by atoms with E-state index in [9.17, 15) is 0 Å². The number of fused-ring (bicyclic) bond motifs is 2. The SMILES string of the molecule is CC(c1ccc2ccccc2c1)N1C[C@H]2CNC[C@H]2C1.Cl. The van der Waals surface area contributed by atoms with Gasteiger partial charge in [-0.15, -0.1) is 12.4 Å². The highest BCUT2D eigenvalue weighted by Gasteiger charge is 2.37. The first-order chi connectivity index (χ1) is 9.81. The number of benzene rings is 2. The van der Waals surface area contributed by atoms with Gasteiger partial charge in [-0.3, -0.25) is 4.90 Å². The van der Waals surface area contributed by atoms with Gasteiger partial charge in [0, 0.05) is 19.1 Å². The smallest absolute Gasteiger partial charge is 0.0320 e. The van der Waals surface area contributed by atoms with E-state index in [0.717, 1.165) is 11.8 Å². The van der Waals surface area contributed by atoms with Crippen LogP contribution in [0.3, 0.4) is 0 Å². The maximum absolute atomic E-state index is 3.52. The Morgan fingerprint density at radius 1 is 1.00 bits per heavy atom. The Balaban J connectivity index is 0.00000132. The van der Waals surface area contributed by atoms with E-state index in [1.54, 1.807) is 0 Å². The minimum Gasteiger partial charge on any atom is -0.316 e. The molecule has 0 amide bonds. The van der Waals surface area contributed by atoms with Crippen molar-refractivity contribution in [3.8, 4) is 0 Å². The molecule has 3 atom stereocenters. The Bertz CT molecular complexity index is 615. The quantitative estimate of drug-likeness (QED) is 0.914. The lowest BCUT2D eigenvalue weighted by atomic mass is 10.0. The summed E-state index contributed by atoms with van der Waals surface area (Å²) in [5.74, 6) is 1.75. The molecule has 2 nitrogen and oxygen atoms in total. The van der Waals surface area contributed by atoms with Crippen LogP contribution in [0.5, 0.6) is 0 Å². The van der Waals surface area contributed by atoms with Crippen LogP contribution in [0, 0.1) is 11.8 Å². The van der Waals surface area contributed by atoms with Crippen LogP contribution >= 0.6 is 12.4 Å². The van der Waals surface area contributed by atoms with Crippen molar-refractivity contribution in [2.24, 2.45) is 11.8 Å². The van der Waals surface area contributed by atoms with Crippen LogP contribution in [-0.4, -0.2) is 31.1 Å². The summed E-state index contributed by atoms with van der Waals surface area (Å²) in [5.41, 5.74) is 1.46. The molecular formula is C18H23ClN2. The van der Waals surface area contributed by atoms with Crippen LogP contribution in [0.15, 0.2) is 42.5 Å². The lowest BCUT2D eigenvalue weighted by molar-refractivity contribution is 0.244. The van der Waals surface area contributed by atoms with E-state index >= 15 is 0 Å². The third-order valence-corrected chi connectivity index (χ3v) is 5.22. The molecule has 2 saturated heterocycles. The second-order valence-corrected chi connectivity index (χ2v) is 6.41. The van der Waals surface area contributed by atoms with Gasteiger partial charge in [0.15, 0.2) is 0 Å². The molecule has 3 heteroatoms. The molecule has 0 spiro atoms. The number of hydrogen-bond donors (Lipinski definition) is 1. The molecule has 0 bridgehead atoms. The molecule has 2 aromatic rings. The highest BCUT2D eigenvalue weighted by Crippen LogP contribution is 2.33. The van der Waals surface area contributed by atoms with Gasteiger partial charge < -0.3 is 5.32 Å². The fraction of sp³-hybridized carbons (Fsp3) is 0.444. The van der Waals surface area contributed by atoms with Crippen LogP contribution in [0.2, 0.25) is 0 Å². The minimum absolute atomic E-state index is 0. The summed E-state index contributed by atoms with van der Waals surface area (Å²) < 4.78 is 0. The van der Waals surface area contributed by atoms with E-state index in [4.69, 9.17) is 0 Å². The van der Waals surface area contributed by atoms with Gasteiger partial charge in [-0.2, -0.15) is 0 Å². The molecule has 2 heterocycles. The molecular weight excluding hydrogens is 280 g/mol. The fourth-order valence-electron chi connectivity index (χ4n) is 3.89. The van der Waals surface area contributed by atoms with E-state index in [2.05, 4.69) is 59.6 Å². The average molecular weight is 303 g/mol. The zero-order valence-corrected chi connectivity index (χ0v) is 13.3. The maximum Gasteiger partial charge on any atom is 0.0320 e. The first-order valence-electron chi connectivity index (χ1n) is 7.75. The van der Waals surface area contributed by atoms with Gasteiger partial charge in [0.25, 0.3) is 0 Å². The molecule has 0 radical (unpaired) electrons. The standard InChI is InChI=1S/C18H22N2.ClH/c1-13(20-11-17-9-19-10-18(17)12-20)15-7-6-14-4-2-3-5-16(14)8-15;/h2-8,13,17-19H,9-12H2,1H3;1H/t13?,17-,18+;. The largest absolute Gasteiger partial charge is 0.316 e. The van der Waals surface area contributed by atoms with E-state index in [1.807, 2.05) is 0 Å². The predicted octanol–water partition coefficient (Wildman–Crippen LogP) is 3.47. The molecule has 1 N–H and O–H groups in total. The summed E-state index contributed by atoms with van der Waals surface area (Å²) in [6.07, 6.45) is 0. The number of nitrogens with zero attached hydrogens (tertiary/aromatic N) is 1. The Kier molecular flexibility index (Phi) is 4.21. The van der Waals surface area contributed by atoms with E-state index in [-0.39, 0.29) is 12.4 Å². The molecule has 0 aliphatic carbocycles. The molecule has 4 rings (SSSR count). The summed E-state index contributed by atoms with van der Waals surface area (Å²) in [5, 5.41) is 6.22. The van der Waals surface area contributed by atoms with E-state index in [0.29, 0.717) is 6.04 Å². The second-order valence-electron chi connectivity index (χ2n) is 6.41. The first kappa shape index (κ1) is 14.8. The highest BCUT2D eigenvalue weighted by atomic mass is 35.5. The van der Waals surface area contributed by atoms with Crippen LogP contribution in [0.4, 0.5) is 0 Å². The molecule has 112 valence electrons. The maximum atomic E-state index is 3.52. The zero-order chi connectivity index (χ0) is 13.5. The van der Waals surface area contributed by atoms with Crippen LogP contribution in [0.25, 0.3) is 10.8 Å². The normalized spacial score (nSPS) is 26.5. The van der Waals surface area contributed by atoms with Crippen molar-refractivity contribution >= 4 is 23.2 Å². The van der Waals surface area contributed by atoms with Crippen molar-refractivity contribution in [3.05, 3.63) is 48.0 Å². The second kappa shape index (κ2) is 5.96. The van der Waals surface area contributed by atoms with Crippen molar-refractivity contribution in [2.45, 2.75) is 13.0 Å². The van der Waals surface area contributed by atoms with Crippen LogP contribution < -0.4 is 5.32 Å². The van der Waals surface area contributed by atoms with Gasteiger partial charge >= 0.3 is 0 Å². The van der Waals surface area contributed by atoms with Crippen molar-refractivity contribution in [3.63, 3.8) is 0 Å². The van der Waals surface area contributed by atoms with Gasteiger partial charge in [-0.05, 0) is 54.3 Å². The zero-order valence-electron chi connectivity index (χ0n) is 12.5. The molecule has 2 aliphatic rings. The molecule has 21 heavy (non-hydrogen) atoms. The van der Waals surface area contributed by atoms with Gasteiger partial charge in [-0.1, -0.05) is 36.4 Å². The predicted molar refractivity (Wildman–Crippen MR) is 91.0 cm³/mol. The fourth-order valence-corrected chi connectivity index (χ4v) is 3.89. The summed E-state index contributed by atoms with van der Waals surface area (Å²) >= 11 is 0. The highest BCUT2D eigenvalue weighted by molar-refractivity contribution is 5.85. The van der Waals surface area contributed by atoms with Crippen molar-refractivity contribution < 1.29 is 0 Å². The monoisotopic (exact) mass is 302 g/mol. The molecule has 1 unspecified atom stereocenters. The lowest BCUT2D eigenvalue weighted by Gasteiger charge is -2.26. The van der Waals surface area contributed by atoms with Gasteiger partial charge in [-0.25, -0.2) is 0 Å². The summed E-state index contributed by atoms with van der Waals surface area (Å²) in [4.78, 5) is 2.67. The van der Waals surface area contributed by atoms with Crippen molar-refractivity contribution in [2.75, 3.05) is 26.2 Å². The van der Waals surface area contributed by atoms with Gasteiger partial charge in [0.2, 0.25) is 0 Å². The lowest BCUT2D eigenvalue weighted by Crippen LogP contribution is -2.28. The Hall–Kier alpha value is -1.09. The van der Waals surface area contributed by atoms with Gasteiger partial charge in [0.1, 0.15) is 0 Å². The third kappa shape index (κ3) is 2.68. The van der Waals surface area contributed by atoms with E-state index in [1.165, 1.54) is 42.5 Å². The Morgan fingerprint density at radius 2 is 1.67 bits per heavy atom. The van der Waals surface area contributed by atoms with Gasteiger partial charge in [0.05, 0.1) is 0 Å². The molecule has 2 aromatic carbocycles. The molecule has 2 fully saturated rings. The number of likely N-dealkylation sites (tertiary alicyclic amines) is 1. The molecule has 2 aliphatic heterocycles. The number of hydrogen-bond acceptors (Lipinski definition) is 2. The summed E-state index contributed by atoms with van der Waals surface area (Å²) in [6.45, 7) is 7.30. The third-order valence-electron chi connectivity index (χ3n) is 5.22. The summed E-state index contributed by atoms with van der Waals surface area (Å²) in [7, 11) is 0. The van der Waals surface area contributed by atoms with Crippen LogP contribution in [-0.2, 0) is 0 Å². The topological polar surface area (TPSA) is 15.3 Å². The van der Waals surface area contributed by atoms with Crippen molar-refractivity contribution in [1.29, 1.82) is 0 Å². The number of halogens is 1. The number of rotatable bonds is 2. The average Bonchev–Trinajstić information content (AvgIpc) is 3.07.